The van der Waals surface area contributed by atoms with Crippen molar-refractivity contribution in [1.29, 1.82) is 5.41 Å². The predicted molar refractivity (Wildman–Crippen MR) is 92.7 cm³/mol. The first kappa shape index (κ1) is 18.7. The normalized spacial score (nSPS) is 14.0. The van der Waals surface area contributed by atoms with Crippen LogP contribution >= 0.6 is 11.6 Å². The third-order valence-electron chi connectivity index (χ3n) is 3.53. The summed E-state index contributed by atoms with van der Waals surface area (Å²) in [5.41, 5.74) is 5.54. The summed E-state index contributed by atoms with van der Waals surface area (Å²) >= 11 is 6.07. The van der Waals surface area contributed by atoms with Gasteiger partial charge in [-0.25, -0.2) is 14.8 Å². The first-order valence-electron chi connectivity index (χ1n) is 7.84. The standard InChI is InChI=1S/C14H20ClN7O3/c1-2-25-14(24)22-13(17)21-12(23)8-10(16)20-11(9(15)19-8)18-7-5-3-4-6-7/h7H,2-6H2,1H3,(H3,16,18,20)(H3,17,21,22,23,24). The Hall–Kier alpha value is -2.62. The first-order chi connectivity index (χ1) is 11.9. The monoisotopic (exact) mass is 369 g/mol. The van der Waals surface area contributed by atoms with Gasteiger partial charge in [0.15, 0.2) is 22.5 Å². The highest BCUT2D eigenvalue weighted by atomic mass is 35.5. The number of aromatic nitrogens is 2. The molecule has 0 atom stereocenters. The number of hydrogen-bond donors (Lipinski definition) is 5. The Balaban J connectivity index is 2.03. The summed E-state index contributed by atoms with van der Waals surface area (Å²) in [6.45, 7) is 1.75. The lowest BCUT2D eigenvalue weighted by atomic mass is 10.2. The molecule has 6 N–H and O–H groups in total. The summed E-state index contributed by atoms with van der Waals surface area (Å²) in [7, 11) is 0. The fourth-order valence-corrected chi connectivity index (χ4v) is 2.60. The number of alkyl carbamates (subject to hydrolysis) is 1. The number of hydrogen-bond acceptors (Lipinski definition) is 8. The Morgan fingerprint density at radius 2 is 2.00 bits per heavy atom. The van der Waals surface area contributed by atoms with E-state index in [0.717, 1.165) is 25.7 Å². The maximum atomic E-state index is 12.1. The fraction of sp³-hybridized carbons (Fsp3) is 0.500. The number of halogens is 1. The van der Waals surface area contributed by atoms with Gasteiger partial charge in [0, 0.05) is 6.04 Å². The van der Waals surface area contributed by atoms with Gasteiger partial charge in [0.25, 0.3) is 5.91 Å². The van der Waals surface area contributed by atoms with E-state index in [9.17, 15) is 9.59 Å². The average molecular weight is 370 g/mol. The number of carbonyl (C=O) groups is 2. The molecule has 136 valence electrons. The molecule has 1 aliphatic rings. The van der Waals surface area contributed by atoms with E-state index in [1.165, 1.54) is 0 Å². The number of nitrogen functional groups attached to an aromatic ring is 1. The molecule has 0 saturated heterocycles. The van der Waals surface area contributed by atoms with Crippen molar-refractivity contribution >= 4 is 41.2 Å². The zero-order chi connectivity index (χ0) is 18.4. The van der Waals surface area contributed by atoms with Crippen LogP contribution in [0.25, 0.3) is 0 Å². The molecule has 1 saturated carbocycles. The maximum absolute atomic E-state index is 12.1. The molecule has 2 rings (SSSR count). The molecule has 1 heterocycles. The Morgan fingerprint density at radius 3 is 2.64 bits per heavy atom. The van der Waals surface area contributed by atoms with E-state index >= 15 is 0 Å². The second kappa shape index (κ2) is 8.47. The number of carbonyl (C=O) groups excluding carboxylic acids is 2. The highest BCUT2D eigenvalue weighted by Gasteiger charge is 2.21. The van der Waals surface area contributed by atoms with Crippen LogP contribution in [0.15, 0.2) is 0 Å². The molecule has 10 nitrogen and oxygen atoms in total. The van der Waals surface area contributed by atoms with Crippen LogP contribution in [0.2, 0.25) is 5.15 Å². The van der Waals surface area contributed by atoms with Crippen molar-refractivity contribution in [2.24, 2.45) is 0 Å². The molecule has 1 fully saturated rings. The van der Waals surface area contributed by atoms with Crippen molar-refractivity contribution in [1.82, 2.24) is 20.6 Å². The number of guanidine groups is 1. The van der Waals surface area contributed by atoms with Crippen molar-refractivity contribution < 1.29 is 14.3 Å². The molecule has 0 unspecified atom stereocenters. The molecule has 25 heavy (non-hydrogen) atoms. The van der Waals surface area contributed by atoms with Crippen LogP contribution in [0.4, 0.5) is 16.4 Å². The van der Waals surface area contributed by atoms with Gasteiger partial charge in [0.05, 0.1) is 6.61 Å². The second-order valence-electron chi connectivity index (χ2n) is 5.40. The van der Waals surface area contributed by atoms with Crippen LogP contribution in [0.1, 0.15) is 43.1 Å². The summed E-state index contributed by atoms with van der Waals surface area (Å²) in [5.74, 6) is -1.20. The number of rotatable bonds is 4. The van der Waals surface area contributed by atoms with Crippen molar-refractivity contribution in [3.63, 3.8) is 0 Å². The molecule has 1 aromatic rings. The highest BCUT2D eigenvalue weighted by Crippen LogP contribution is 2.26. The topological polar surface area (TPSA) is 155 Å². The molecule has 1 aromatic heterocycles. The Kier molecular flexibility index (Phi) is 6.34. The Labute approximate surface area is 149 Å². The maximum Gasteiger partial charge on any atom is 0.413 e. The Morgan fingerprint density at radius 1 is 1.32 bits per heavy atom. The van der Waals surface area contributed by atoms with Crippen LogP contribution < -0.4 is 21.7 Å². The van der Waals surface area contributed by atoms with Crippen LogP contribution in [0.3, 0.4) is 0 Å². The lowest BCUT2D eigenvalue weighted by molar-refractivity contribution is 0.0971. The smallest absolute Gasteiger partial charge is 0.413 e. The molecule has 2 amide bonds. The minimum Gasteiger partial charge on any atom is -0.450 e. The lowest BCUT2D eigenvalue weighted by Crippen LogP contribution is -2.43. The van der Waals surface area contributed by atoms with E-state index in [2.05, 4.69) is 25.3 Å². The highest BCUT2D eigenvalue weighted by molar-refractivity contribution is 6.32. The van der Waals surface area contributed by atoms with Gasteiger partial charge in [-0.15, -0.1) is 0 Å². The minimum atomic E-state index is -0.860. The second-order valence-corrected chi connectivity index (χ2v) is 5.76. The van der Waals surface area contributed by atoms with Gasteiger partial charge in [-0.2, -0.15) is 0 Å². The van der Waals surface area contributed by atoms with Gasteiger partial charge >= 0.3 is 6.09 Å². The van der Waals surface area contributed by atoms with Crippen molar-refractivity contribution in [2.45, 2.75) is 38.6 Å². The SMILES string of the molecule is CCOC(=O)NC(=N)NC(=O)c1nc(Cl)c(NC2CCCC2)nc1N. The predicted octanol–water partition coefficient (Wildman–Crippen LogP) is 1.48. The van der Waals surface area contributed by atoms with E-state index in [1.807, 2.05) is 5.32 Å². The van der Waals surface area contributed by atoms with Gasteiger partial charge in [0.2, 0.25) is 5.96 Å². The van der Waals surface area contributed by atoms with E-state index in [1.54, 1.807) is 6.92 Å². The molecule has 0 bridgehead atoms. The van der Waals surface area contributed by atoms with Gasteiger partial charge in [-0.05, 0) is 19.8 Å². The quantitative estimate of drug-likeness (QED) is 0.397. The van der Waals surface area contributed by atoms with Crippen LogP contribution in [0, 0.1) is 5.41 Å². The summed E-state index contributed by atoms with van der Waals surface area (Å²) in [6.07, 6.45) is 3.43. The summed E-state index contributed by atoms with van der Waals surface area (Å²) in [4.78, 5) is 31.3. The number of amides is 2. The number of nitrogens with two attached hydrogens (primary N) is 1. The van der Waals surface area contributed by atoms with Crippen LogP contribution in [0.5, 0.6) is 0 Å². The van der Waals surface area contributed by atoms with Crippen molar-refractivity contribution in [2.75, 3.05) is 17.7 Å². The van der Waals surface area contributed by atoms with E-state index in [-0.39, 0.29) is 29.3 Å². The number of anilines is 2. The largest absolute Gasteiger partial charge is 0.450 e. The minimum absolute atomic E-state index is 0.0103. The molecule has 0 spiro atoms. The van der Waals surface area contributed by atoms with Crippen molar-refractivity contribution in [3.05, 3.63) is 10.8 Å². The van der Waals surface area contributed by atoms with Gasteiger partial charge in [-0.3, -0.25) is 20.8 Å². The third-order valence-corrected chi connectivity index (χ3v) is 3.80. The number of nitrogens with zero attached hydrogens (tertiary/aromatic N) is 2. The molecular formula is C14H20ClN7O3. The fourth-order valence-electron chi connectivity index (χ4n) is 2.42. The first-order valence-corrected chi connectivity index (χ1v) is 8.21. The molecule has 0 aliphatic heterocycles. The van der Waals surface area contributed by atoms with E-state index in [4.69, 9.17) is 22.7 Å². The third kappa shape index (κ3) is 5.18. The molecule has 0 radical (unpaired) electrons. The van der Waals surface area contributed by atoms with E-state index < -0.39 is 18.0 Å². The molecule has 1 aliphatic carbocycles. The zero-order valence-corrected chi connectivity index (χ0v) is 14.4. The number of ether oxygens (including phenoxy) is 1. The number of nitrogens with one attached hydrogen (secondary N) is 4. The van der Waals surface area contributed by atoms with Gasteiger partial charge < -0.3 is 15.8 Å². The van der Waals surface area contributed by atoms with Crippen molar-refractivity contribution in [3.8, 4) is 0 Å². The van der Waals surface area contributed by atoms with E-state index in [0.29, 0.717) is 5.82 Å². The molecular weight excluding hydrogens is 350 g/mol. The summed E-state index contributed by atoms with van der Waals surface area (Å²) in [5, 5.41) is 14.8. The molecule has 11 heteroatoms. The summed E-state index contributed by atoms with van der Waals surface area (Å²) < 4.78 is 4.60. The van der Waals surface area contributed by atoms with Gasteiger partial charge in [-0.1, -0.05) is 24.4 Å². The zero-order valence-electron chi connectivity index (χ0n) is 13.7. The average Bonchev–Trinajstić information content (AvgIpc) is 3.03. The van der Waals surface area contributed by atoms with Crippen LogP contribution in [-0.2, 0) is 4.74 Å². The Bertz CT molecular complexity index is 677. The van der Waals surface area contributed by atoms with Crippen LogP contribution in [-0.4, -0.2) is 40.6 Å². The molecule has 0 aromatic carbocycles. The summed E-state index contributed by atoms with van der Waals surface area (Å²) in [6, 6.07) is 0.257. The van der Waals surface area contributed by atoms with Gasteiger partial charge in [0.1, 0.15) is 0 Å². The lowest BCUT2D eigenvalue weighted by Gasteiger charge is -2.15.